The monoisotopic (exact) mass is 197 g/mol. The molecule has 0 spiro atoms. The van der Waals surface area contributed by atoms with Crippen LogP contribution < -0.4 is 4.90 Å². The first-order chi connectivity index (χ1) is 6.79. The van der Waals surface area contributed by atoms with Gasteiger partial charge in [-0.2, -0.15) is 4.98 Å². The molecule has 1 aliphatic rings. The Morgan fingerprint density at radius 2 is 2.21 bits per heavy atom. The van der Waals surface area contributed by atoms with Crippen molar-refractivity contribution in [3.05, 3.63) is 5.82 Å². The minimum atomic E-state index is 0.288. The Morgan fingerprint density at radius 1 is 1.50 bits per heavy atom. The molecule has 1 saturated heterocycles. The number of aliphatic hydroxyl groups is 1. The molecule has 14 heavy (non-hydrogen) atoms. The molecule has 1 aromatic heterocycles. The summed E-state index contributed by atoms with van der Waals surface area (Å²) in [6, 6.07) is 0.610. The van der Waals surface area contributed by atoms with Gasteiger partial charge in [-0.15, -0.1) is 0 Å². The minimum Gasteiger partial charge on any atom is -0.396 e. The van der Waals surface area contributed by atoms with E-state index in [2.05, 4.69) is 15.0 Å². The number of rotatable bonds is 2. The topological polar surface area (TPSA) is 62.4 Å². The smallest absolute Gasteiger partial charge is 0.324 e. The van der Waals surface area contributed by atoms with Crippen LogP contribution in [0, 0.1) is 12.8 Å². The van der Waals surface area contributed by atoms with Crippen molar-refractivity contribution < 1.29 is 9.63 Å². The molecule has 5 heteroatoms. The largest absolute Gasteiger partial charge is 0.396 e. The Balaban J connectivity index is 1.95. The lowest BCUT2D eigenvalue weighted by atomic mass is 9.98. The Labute approximate surface area is 82.7 Å². The molecule has 2 rings (SSSR count). The van der Waals surface area contributed by atoms with Gasteiger partial charge in [0.25, 0.3) is 0 Å². The van der Waals surface area contributed by atoms with Crippen molar-refractivity contribution >= 4 is 6.01 Å². The molecule has 1 fully saturated rings. The number of aromatic nitrogens is 2. The molecule has 2 heterocycles. The van der Waals surface area contributed by atoms with E-state index >= 15 is 0 Å². The number of hydrogen-bond acceptors (Lipinski definition) is 5. The van der Waals surface area contributed by atoms with Gasteiger partial charge in [0.15, 0.2) is 5.82 Å². The summed E-state index contributed by atoms with van der Waals surface area (Å²) in [6.07, 6.45) is 2.00. The lowest BCUT2D eigenvalue weighted by Gasteiger charge is -2.29. The summed E-state index contributed by atoms with van der Waals surface area (Å²) < 4.78 is 5.07. The fourth-order valence-corrected chi connectivity index (χ4v) is 1.72. The fraction of sp³-hybridized carbons (Fsp3) is 0.778. The molecule has 1 N–H and O–H groups in total. The first-order valence-electron chi connectivity index (χ1n) is 4.95. The molecule has 5 nitrogen and oxygen atoms in total. The second kappa shape index (κ2) is 3.96. The first kappa shape index (κ1) is 9.45. The zero-order valence-corrected chi connectivity index (χ0v) is 8.31. The Kier molecular flexibility index (Phi) is 2.67. The van der Waals surface area contributed by atoms with Gasteiger partial charge in [0.2, 0.25) is 0 Å². The summed E-state index contributed by atoms with van der Waals surface area (Å²) in [5.74, 6) is 1.11. The van der Waals surface area contributed by atoms with E-state index in [0.29, 0.717) is 17.8 Å². The van der Waals surface area contributed by atoms with E-state index < -0.39 is 0 Å². The number of piperidine rings is 1. The summed E-state index contributed by atoms with van der Waals surface area (Å²) in [7, 11) is 0. The van der Waals surface area contributed by atoms with Crippen molar-refractivity contribution in [3.8, 4) is 0 Å². The molecule has 0 radical (unpaired) electrons. The highest BCUT2D eigenvalue weighted by Crippen LogP contribution is 2.21. The van der Waals surface area contributed by atoms with Crippen LogP contribution in [-0.2, 0) is 0 Å². The summed E-state index contributed by atoms with van der Waals surface area (Å²) in [6.45, 7) is 3.89. The summed E-state index contributed by atoms with van der Waals surface area (Å²) in [4.78, 5) is 6.25. The number of aryl methyl sites for hydroxylation is 1. The average Bonchev–Trinajstić information content (AvgIpc) is 2.65. The molecular formula is C9H15N3O2. The summed E-state index contributed by atoms with van der Waals surface area (Å²) in [5, 5.41) is 12.7. The third-order valence-corrected chi connectivity index (χ3v) is 2.66. The number of aliphatic hydroxyl groups excluding tert-OH is 1. The molecule has 0 unspecified atom stereocenters. The molecule has 0 aliphatic carbocycles. The van der Waals surface area contributed by atoms with Crippen LogP contribution in [0.15, 0.2) is 4.52 Å². The number of anilines is 1. The van der Waals surface area contributed by atoms with Crippen LogP contribution in [0.2, 0.25) is 0 Å². The maximum Gasteiger partial charge on any atom is 0.324 e. The second-order valence-electron chi connectivity index (χ2n) is 3.74. The SMILES string of the molecule is Cc1noc(N2CCC(CO)CC2)n1. The molecular weight excluding hydrogens is 182 g/mol. The van der Waals surface area contributed by atoms with Crippen molar-refractivity contribution in [2.75, 3.05) is 24.6 Å². The quantitative estimate of drug-likeness (QED) is 0.751. The Hall–Kier alpha value is -1.10. The van der Waals surface area contributed by atoms with Gasteiger partial charge in [0.1, 0.15) is 0 Å². The highest BCUT2D eigenvalue weighted by atomic mass is 16.5. The predicted molar refractivity (Wildman–Crippen MR) is 51.1 cm³/mol. The van der Waals surface area contributed by atoms with Gasteiger partial charge in [0, 0.05) is 19.7 Å². The average molecular weight is 197 g/mol. The molecule has 0 saturated carbocycles. The van der Waals surface area contributed by atoms with E-state index in [1.54, 1.807) is 0 Å². The lowest BCUT2D eigenvalue weighted by Crippen LogP contribution is -2.34. The zero-order chi connectivity index (χ0) is 9.97. The Bertz CT molecular complexity index is 292. The highest BCUT2D eigenvalue weighted by molar-refractivity contribution is 5.25. The van der Waals surface area contributed by atoms with Crippen LogP contribution >= 0.6 is 0 Å². The van der Waals surface area contributed by atoms with Crippen LogP contribution in [0.5, 0.6) is 0 Å². The van der Waals surface area contributed by atoms with Gasteiger partial charge >= 0.3 is 6.01 Å². The molecule has 1 aliphatic heterocycles. The molecule has 78 valence electrons. The van der Waals surface area contributed by atoms with Crippen LogP contribution in [0.3, 0.4) is 0 Å². The van der Waals surface area contributed by atoms with Gasteiger partial charge in [-0.25, -0.2) is 0 Å². The van der Waals surface area contributed by atoms with E-state index in [9.17, 15) is 0 Å². The number of hydrogen-bond donors (Lipinski definition) is 1. The maximum absolute atomic E-state index is 8.98. The second-order valence-corrected chi connectivity index (χ2v) is 3.74. The normalized spacial score (nSPS) is 18.9. The van der Waals surface area contributed by atoms with E-state index in [1.165, 1.54) is 0 Å². The molecule has 1 aromatic rings. The van der Waals surface area contributed by atoms with Crippen molar-refractivity contribution in [1.82, 2.24) is 10.1 Å². The molecule has 0 atom stereocenters. The maximum atomic E-state index is 8.98. The van der Waals surface area contributed by atoms with Crippen molar-refractivity contribution in [2.45, 2.75) is 19.8 Å². The van der Waals surface area contributed by atoms with Crippen LogP contribution in [0.1, 0.15) is 18.7 Å². The van der Waals surface area contributed by atoms with Crippen LogP contribution in [0.25, 0.3) is 0 Å². The third kappa shape index (κ3) is 1.87. The fourth-order valence-electron chi connectivity index (χ4n) is 1.72. The minimum absolute atomic E-state index is 0.288. The first-order valence-corrected chi connectivity index (χ1v) is 4.95. The molecule has 0 bridgehead atoms. The molecule has 0 aromatic carbocycles. The van der Waals surface area contributed by atoms with Gasteiger partial charge < -0.3 is 14.5 Å². The van der Waals surface area contributed by atoms with Crippen LogP contribution in [-0.4, -0.2) is 34.9 Å². The summed E-state index contributed by atoms with van der Waals surface area (Å²) >= 11 is 0. The van der Waals surface area contributed by atoms with E-state index in [1.807, 2.05) is 6.92 Å². The number of nitrogens with zero attached hydrogens (tertiary/aromatic N) is 3. The predicted octanol–water partition coefficient (Wildman–Crippen LogP) is 0.587. The van der Waals surface area contributed by atoms with Crippen LogP contribution in [0.4, 0.5) is 6.01 Å². The Morgan fingerprint density at radius 3 is 2.71 bits per heavy atom. The van der Waals surface area contributed by atoms with Gasteiger partial charge in [-0.1, -0.05) is 5.16 Å². The van der Waals surface area contributed by atoms with Gasteiger partial charge in [-0.05, 0) is 25.7 Å². The zero-order valence-electron chi connectivity index (χ0n) is 8.31. The summed E-state index contributed by atoms with van der Waals surface area (Å²) in [5.41, 5.74) is 0. The van der Waals surface area contributed by atoms with Crippen molar-refractivity contribution in [2.24, 2.45) is 5.92 Å². The van der Waals surface area contributed by atoms with E-state index in [-0.39, 0.29) is 6.61 Å². The standard InChI is InChI=1S/C9H15N3O2/c1-7-10-9(14-11-7)12-4-2-8(6-13)3-5-12/h8,13H,2-6H2,1H3. The molecule has 0 amide bonds. The third-order valence-electron chi connectivity index (χ3n) is 2.66. The van der Waals surface area contributed by atoms with E-state index in [0.717, 1.165) is 25.9 Å². The van der Waals surface area contributed by atoms with E-state index in [4.69, 9.17) is 9.63 Å². The van der Waals surface area contributed by atoms with Crippen molar-refractivity contribution in [1.29, 1.82) is 0 Å². The van der Waals surface area contributed by atoms with Gasteiger partial charge in [0.05, 0.1) is 0 Å². The lowest BCUT2D eigenvalue weighted by molar-refractivity contribution is 0.200. The van der Waals surface area contributed by atoms with Gasteiger partial charge in [-0.3, -0.25) is 0 Å². The highest BCUT2D eigenvalue weighted by Gasteiger charge is 2.21. The van der Waals surface area contributed by atoms with Crippen molar-refractivity contribution in [3.63, 3.8) is 0 Å².